The maximum Gasteiger partial charge on any atom is 0.0678 e. The maximum atomic E-state index is 5.70. The van der Waals surface area contributed by atoms with Crippen molar-refractivity contribution in [1.82, 2.24) is 10.2 Å². The second-order valence-electron chi connectivity index (χ2n) is 4.61. The third kappa shape index (κ3) is 5.80. The van der Waals surface area contributed by atoms with Crippen LogP contribution >= 0.6 is 0 Å². The number of hydrogen-bond donors (Lipinski definition) is 1. The first kappa shape index (κ1) is 13.9. The highest BCUT2D eigenvalue weighted by Crippen LogP contribution is 2.09. The van der Waals surface area contributed by atoms with Crippen molar-refractivity contribution in [3.63, 3.8) is 0 Å². The molecule has 0 saturated carbocycles. The fourth-order valence-electron chi connectivity index (χ4n) is 2.17. The predicted octanol–water partition coefficient (Wildman–Crippen LogP) is 0.722. The Labute approximate surface area is 99.3 Å². The summed E-state index contributed by atoms with van der Waals surface area (Å²) in [5, 5.41) is 3.43. The van der Waals surface area contributed by atoms with Gasteiger partial charge in [0.25, 0.3) is 0 Å². The second kappa shape index (κ2) is 8.01. The highest BCUT2D eigenvalue weighted by molar-refractivity contribution is 4.73. The van der Waals surface area contributed by atoms with E-state index in [0.717, 1.165) is 45.8 Å². The average molecular weight is 230 g/mol. The highest BCUT2D eigenvalue weighted by atomic mass is 16.5. The van der Waals surface area contributed by atoms with Crippen LogP contribution in [0.25, 0.3) is 0 Å². The van der Waals surface area contributed by atoms with Crippen molar-refractivity contribution in [2.45, 2.75) is 32.5 Å². The number of nitrogens with one attached hydrogen (secondary N) is 1. The summed E-state index contributed by atoms with van der Waals surface area (Å²) in [5.41, 5.74) is 0. The molecule has 1 aliphatic heterocycles. The van der Waals surface area contributed by atoms with E-state index in [0.29, 0.717) is 12.2 Å². The van der Waals surface area contributed by atoms with E-state index in [1.165, 1.54) is 0 Å². The molecule has 0 aromatic rings. The number of hydrogen-bond acceptors (Lipinski definition) is 4. The Kier molecular flexibility index (Phi) is 6.96. The van der Waals surface area contributed by atoms with Gasteiger partial charge in [-0.15, -0.1) is 0 Å². The zero-order chi connectivity index (χ0) is 11.8. The van der Waals surface area contributed by atoms with Crippen molar-refractivity contribution in [3.8, 4) is 0 Å². The fraction of sp³-hybridized carbons (Fsp3) is 1.00. The van der Waals surface area contributed by atoms with Gasteiger partial charge >= 0.3 is 0 Å². The van der Waals surface area contributed by atoms with Crippen molar-refractivity contribution in [1.29, 1.82) is 0 Å². The third-order valence-electron chi connectivity index (χ3n) is 2.80. The van der Waals surface area contributed by atoms with Gasteiger partial charge in [0.15, 0.2) is 0 Å². The van der Waals surface area contributed by atoms with Crippen molar-refractivity contribution >= 4 is 0 Å². The summed E-state index contributed by atoms with van der Waals surface area (Å²) in [6, 6.07) is 0. The number of morpholine rings is 1. The Bertz CT molecular complexity index is 168. The van der Waals surface area contributed by atoms with Gasteiger partial charge in [0.2, 0.25) is 0 Å². The van der Waals surface area contributed by atoms with E-state index >= 15 is 0 Å². The van der Waals surface area contributed by atoms with E-state index in [1.807, 2.05) is 0 Å². The molecule has 0 unspecified atom stereocenters. The molecule has 1 aliphatic rings. The zero-order valence-corrected chi connectivity index (χ0v) is 10.9. The lowest BCUT2D eigenvalue weighted by Crippen LogP contribution is -2.47. The molecule has 1 heterocycles. The molecule has 96 valence electrons. The summed E-state index contributed by atoms with van der Waals surface area (Å²) in [7, 11) is 1.75. The minimum Gasteiger partial charge on any atom is -0.385 e. The first-order chi connectivity index (χ1) is 7.72. The average Bonchev–Trinajstić information content (AvgIpc) is 2.22. The topological polar surface area (TPSA) is 33.7 Å². The van der Waals surface area contributed by atoms with Crippen LogP contribution in [0.3, 0.4) is 0 Å². The Morgan fingerprint density at radius 1 is 1.25 bits per heavy atom. The molecule has 1 saturated heterocycles. The molecular weight excluding hydrogens is 204 g/mol. The zero-order valence-electron chi connectivity index (χ0n) is 10.9. The van der Waals surface area contributed by atoms with Gasteiger partial charge in [-0.05, 0) is 26.8 Å². The van der Waals surface area contributed by atoms with Crippen LogP contribution in [-0.2, 0) is 9.47 Å². The molecule has 0 bridgehead atoms. The minimum atomic E-state index is 0.372. The molecule has 1 fully saturated rings. The van der Waals surface area contributed by atoms with Crippen molar-refractivity contribution in [2.75, 3.05) is 46.4 Å². The number of ether oxygens (including phenoxy) is 2. The van der Waals surface area contributed by atoms with E-state index in [2.05, 4.69) is 24.1 Å². The second-order valence-corrected chi connectivity index (χ2v) is 4.61. The van der Waals surface area contributed by atoms with Gasteiger partial charge in [-0.2, -0.15) is 0 Å². The van der Waals surface area contributed by atoms with Crippen LogP contribution in [0.2, 0.25) is 0 Å². The summed E-state index contributed by atoms with van der Waals surface area (Å²) < 4.78 is 10.7. The number of nitrogens with zero attached hydrogens (tertiary/aromatic N) is 1. The lowest BCUT2D eigenvalue weighted by molar-refractivity contribution is -0.0674. The van der Waals surface area contributed by atoms with Crippen molar-refractivity contribution in [2.24, 2.45) is 0 Å². The lowest BCUT2D eigenvalue weighted by atomic mass is 10.2. The maximum absolute atomic E-state index is 5.70. The molecule has 0 spiro atoms. The number of methoxy groups -OCH3 is 1. The Morgan fingerprint density at radius 2 is 1.94 bits per heavy atom. The monoisotopic (exact) mass is 230 g/mol. The summed E-state index contributed by atoms with van der Waals surface area (Å²) in [5.74, 6) is 0. The molecule has 4 heteroatoms. The largest absolute Gasteiger partial charge is 0.385 e. The molecule has 0 aliphatic carbocycles. The molecule has 1 rings (SSSR count). The molecule has 0 aromatic heterocycles. The molecule has 1 N–H and O–H groups in total. The van der Waals surface area contributed by atoms with Gasteiger partial charge in [-0.25, -0.2) is 0 Å². The van der Waals surface area contributed by atoms with Gasteiger partial charge in [0.05, 0.1) is 12.2 Å². The van der Waals surface area contributed by atoms with Crippen LogP contribution in [0.1, 0.15) is 20.3 Å². The van der Waals surface area contributed by atoms with Gasteiger partial charge in [-0.3, -0.25) is 4.90 Å². The van der Waals surface area contributed by atoms with Crippen LogP contribution in [0.15, 0.2) is 0 Å². The minimum absolute atomic E-state index is 0.372. The quantitative estimate of drug-likeness (QED) is 0.654. The van der Waals surface area contributed by atoms with E-state index in [9.17, 15) is 0 Å². The molecule has 16 heavy (non-hydrogen) atoms. The molecular formula is C12H26N2O2. The molecule has 0 aromatic carbocycles. The van der Waals surface area contributed by atoms with Gasteiger partial charge < -0.3 is 14.8 Å². The van der Waals surface area contributed by atoms with Crippen LogP contribution in [0.5, 0.6) is 0 Å². The van der Waals surface area contributed by atoms with E-state index in [4.69, 9.17) is 9.47 Å². The highest BCUT2D eigenvalue weighted by Gasteiger charge is 2.21. The standard InChI is InChI=1S/C12H26N2O2/c1-11-9-14(10-12(2)16-11)7-6-13-5-4-8-15-3/h11-13H,4-10H2,1-3H3/t11-,12+. The van der Waals surface area contributed by atoms with Crippen LogP contribution in [-0.4, -0.2) is 63.5 Å². The predicted molar refractivity (Wildman–Crippen MR) is 65.8 cm³/mol. The van der Waals surface area contributed by atoms with Crippen molar-refractivity contribution < 1.29 is 9.47 Å². The lowest BCUT2D eigenvalue weighted by Gasteiger charge is -2.35. The molecule has 4 nitrogen and oxygen atoms in total. The van der Waals surface area contributed by atoms with Crippen LogP contribution in [0, 0.1) is 0 Å². The van der Waals surface area contributed by atoms with E-state index < -0.39 is 0 Å². The van der Waals surface area contributed by atoms with Gasteiger partial charge in [0.1, 0.15) is 0 Å². The Morgan fingerprint density at radius 3 is 2.56 bits per heavy atom. The van der Waals surface area contributed by atoms with Crippen LogP contribution in [0.4, 0.5) is 0 Å². The van der Waals surface area contributed by atoms with Gasteiger partial charge in [0, 0.05) is 39.9 Å². The van der Waals surface area contributed by atoms with E-state index in [-0.39, 0.29) is 0 Å². The first-order valence-electron chi connectivity index (χ1n) is 6.30. The summed E-state index contributed by atoms with van der Waals surface area (Å²) in [6.07, 6.45) is 1.83. The Balaban J connectivity index is 1.99. The summed E-state index contributed by atoms with van der Waals surface area (Å²) in [6.45, 7) is 10.5. The normalized spacial score (nSPS) is 27.2. The molecule has 0 radical (unpaired) electrons. The van der Waals surface area contributed by atoms with E-state index in [1.54, 1.807) is 7.11 Å². The Hall–Kier alpha value is -0.160. The number of rotatable bonds is 7. The third-order valence-corrected chi connectivity index (χ3v) is 2.80. The molecule has 0 amide bonds. The smallest absolute Gasteiger partial charge is 0.0678 e. The first-order valence-corrected chi connectivity index (χ1v) is 6.30. The molecule has 2 atom stereocenters. The van der Waals surface area contributed by atoms with Gasteiger partial charge in [-0.1, -0.05) is 0 Å². The van der Waals surface area contributed by atoms with Crippen molar-refractivity contribution in [3.05, 3.63) is 0 Å². The summed E-state index contributed by atoms with van der Waals surface area (Å²) >= 11 is 0. The summed E-state index contributed by atoms with van der Waals surface area (Å²) in [4.78, 5) is 2.47. The van der Waals surface area contributed by atoms with Crippen LogP contribution < -0.4 is 5.32 Å². The SMILES string of the molecule is COCCCNCCN1C[C@@H](C)O[C@@H](C)C1. The fourth-order valence-corrected chi connectivity index (χ4v) is 2.17.